The maximum atomic E-state index is 12.7. The van der Waals surface area contributed by atoms with Crippen LogP contribution in [0.15, 0.2) is 18.3 Å². The fourth-order valence-electron chi connectivity index (χ4n) is 1.54. The Hall–Kier alpha value is -1.33. The van der Waals surface area contributed by atoms with Crippen molar-refractivity contribution in [1.29, 1.82) is 0 Å². The van der Waals surface area contributed by atoms with Gasteiger partial charge in [0.1, 0.15) is 11.5 Å². The molecule has 1 unspecified atom stereocenters. The zero-order chi connectivity index (χ0) is 13.5. The van der Waals surface area contributed by atoms with Crippen molar-refractivity contribution in [1.82, 2.24) is 4.98 Å². The van der Waals surface area contributed by atoms with E-state index in [4.69, 9.17) is 9.47 Å². The second kappa shape index (κ2) is 7.18. The van der Waals surface area contributed by atoms with E-state index in [9.17, 15) is 9.18 Å². The molecule has 1 rings (SSSR count). The Balaban J connectivity index is 2.77. The average molecular weight is 255 g/mol. The van der Waals surface area contributed by atoms with Crippen LogP contribution in [-0.2, 0) is 9.47 Å². The molecule has 100 valence electrons. The van der Waals surface area contributed by atoms with Gasteiger partial charge in [-0.1, -0.05) is 6.92 Å². The number of aromatic nitrogens is 1. The van der Waals surface area contributed by atoms with Crippen molar-refractivity contribution in [2.24, 2.45) is 5.92 Å². The summed E-state index contributed by atoms with van der Waals surface area (Å²) >= 11 is 0. The van der Waals surface area contributed by atoms with Crippen LogP contribution in [-0.4, -0.2) is 30.3 Å². The molecule has 0 aliphatic carbocycles. The van der Waals surface area contributed by atoms with E-state index in [1.165, 1.54) is 12.1 Å². The SMILES string of the molecule is CCOC(OCC)C(C)C(=O)c1ccc(F)cn1. The monoisotopic (exact) mass is 255 g/mol. The lowest BCUT2D eigenvalue weighted by molar-refractivity contribution is -0.154. The fourth-order valence-corrected chi connectivity index (χ4v) is 1.54. The Kier molecular flexibility index (Phi) is 5.88. The van der Waals surface area contributed by atoms with E-state index < -0.39 is 18.0 Å². The van der Waals surface area contributed by atoms with Gasteiger partial charge in [0.25, 0.3) is 0 Å². The van der Waals surface area contributed by atoms with E-state index in [0.29, 0.717) is 13.2 Å². The Morgan fingerprint density at radius 1 is 1.33 bits per heavy atom. The lowest BCUT2D eigenvalue weighted by atomic mass is 10.0. The molecule has 1 heterocycles. The van der Waals surface area contributed by atoms with E-state index in [-0.39, 0.29) is 11.5 Å². The van der Waals surface area contributed by atoms with E-state index in [2.05, 4.69) is 4.98 Å². The third kappa shape index (κ3) is 3.85. The van der Waals surface area contributed by atoms with Gasteiger partial charge in [0, 0.05) is 13.2 Å². The van der Waals surface area contributed by atoms with Crippen LogP contribution in [0.4, 0.5) is 4.39 Å². The molecule has 18 heavy (non-hydrogen) atoms. The summed E-state index contributed by atoms with van der Waals surface area (Å²) < 4.78 is 23.5. The highest BCUT2D eigenvalue weighted by Gasteiger charge is 2.26. The quantitative estimate of drug-likeness (QED) is 0.554. The highest BCUT2D eigenvalue weighted by atomic mass is 19.1. The molecule has 0 spiro atoms. The maximum absolute atomic E-state index is 12.7. The molecule has 4 nitrogen and oxygen atoms in total. The van der Waals surface area contributed by atoms with Crippen molar-refractivity contribution in [3.63, 3.8) is 0 Å². The molecule has 1 aromatic rings. The number of pyridine rings is 1. The molecule has 1 atom stereocenters. The van der Waals surface area contributed by atoms with Gasteiger partial charge in [0.2, 0.25) is 0 Å². The highest BCUT2D eigenvalue weighted by molar-refractivity contribution is 5.96. The van der Waals surface area contributed by atoms with Gasteiger partial charge in [-0.05, 0) is 26.0 Å². The van der Waals surface area contributed by atoms with E-state index in [1.807, 2.05) is 13.8 Å². The van der Waals surface area contributed by atoms with Crippen LogP contribution in [0.1, 0.15) is 31.3 Å². The van der Waals surface area contributed by atoms with Gasteiger partial charge in [-0.25, -0.2) is 4.39 Å². The van der Waals surface area contributed by atoms with Gasteiger partial charge in [0.15, 0.2) is 12.1 Å². The lowest BCUT2D eigenvalue weighted by Gasteiger charge is -2.22. The molecule has 0 bridgehead atoms. The first-order chi connectivity index (χ1) is 8.60. The minimum absolute atomic E-state index is 0.216. The number of ketones is 1. The van der Waals surface area contributed by atoms with E-state index in [0.717, 1.165) is 6.20 Å². The van der Waals surface area contributed by atoms with Crippen molar-refractivity contribution in [3.05, 3.63) is 29.8 Å². The number of hydrogen-bond donors (Lipinski definition) is 0. The Bertz CT molecular complexity index is 374. The number of halogens is 1. The second-order valence-electron chi connectivity index (χ2n) is 3.79. The second-order valence-corrected chi connectivity index (χ2v) is 3.79. The molecule has 0 fully saturated rings. The van der Waals surface area contributed by atoms with Crippen LogP contribution >= 0.6 is 0 Å². The normalized spacial score (nSPS) is 12.7. The number of rotatable bonds is 7. The van der Waals surface area contributed by atoms with Gasteiger partial charge < -0.3 is 9.47 Å². The number of carbonyl (C=O) groups excluding carboxylic acids is 1. The average Bonchev–Trinajstić information content (AvgIpc) is 2.38. The molecule has 0 aliphatic rings. The van der Waals surface area contributed by atoms with Crippen LogP contribution in [0.3, 0.4) is 0 Å². The molecular formula is C13H18FNO3. The molecule has 0 saturated heterocycles. The Morgan fingerprint density at radius 2 is 1.94 bits per heavy atom. The first-order valence-electron chi connectivity index (χ1n) is 5.99. The smallest absolute Gasteiger partial charge is 0.189 e. The van der Waals surface area contributed by atoms with Gasteiger partial charge in [-0.3, -0.25) is 9.78 Å². The van der Waals surface area contributed by atoms with Gasteiger partial charge in [-0.2, -0.15) is 0 Å². The molecular weight excluding hydrogens is 237 g/mol. The lowest BCUT2D eigenvalue weighted by Crippen LogP contribution is -2.31. The van der Waals surface area contributed by atoms with E-state index in [1.54, 1.807) is 6.92 Å². The van der Waals surface area contributed by atoms with Crippen LogP contribution in [0.25, 0.3) is 0 Å². The molecule has 0 radical (unpaired) electrons. The first kappa shape index (κ1) is 14.7. The van der Waals surface area contributed by atoms with Crippen LogP contribution in [0.5, 0.6) is 0 Å². The van der Waals surface area contributed by atoms with Crippen LogP contribution in [0.2, 0.25) is 0 Å². The van der Waals surface area contributed by atoms with Crippen LogP contribution in [0, 0.1) is 11.7 Å². The number of carbonyl (C=O) groups is 1. The summed E-state index contributed by atoms with van der Waals surface area (Å²) in [6, 6.07) is 2.58. The summed E-state index contributed by atoms with van der Waals surface area (Å²) in [7, 11) is 0. The highest BCUT2D eigenvalue weighted by Crippen LogP contribution is 2.15. The number of nitrogens with zero attached hydrogens (tertiary/aromatic N) is 1. The first-order valence-corrected chi connectivity index (χ1v) is 5.99. The molecule has 0 aromatic carbocycles. The zero-order valence-corrected chi connectivity index (χ0v) is 10.9. The standard InChI is InChI=1S/C13H18FNO3/c1-4-17-13(18-5-2)9(3)12(16)11-7-6-10(14)8-15-11/h6-9,13H,4-5H2,1-3H3. The predicted octanol–water partition coefficient (Wildman–Crippen LogP) is 2.44. The summed E-state index contributed by atoms with van der Waals surface area (Å²) in [4.78, 5) is 15.9. The third-order valence-electron chi connectivity index (χ3n) is 2.46. The molecule has 5 heteroatoms. The molecule has 1 aromatic heterocycles. The zero-order valence-electron chi connectivity index (χ0n) is 10.9. The summed E-state index contributed by atoms with van der Waals surface area (Å²) in [5, 5.41) is 0. The molecule has 0 aliphatic heterocycles. The van der Waals surface area contributed by atoms with E-state index >= 15 is 0 Å². The Labute approximate surface area is 106 Å². The van der Waals surface area contributed by atoms with Crippen molar-refractivity contribution < 1.29 is 18.7 Å². The molecule has 0 amide bonds. The summed E-state index contributed by atoms with van der Waals surface area (Å²) in [5.41, 5.74) is 0.216. The fraction of sp³-hybridized carbons (Fsp3) is 0.538. The van der Waals surface area contributed by atoms with Crippen molar-refractivity contribution in [3.8, 4) is 0 Å². The van der Waals surface area contributed by atoms with Gasteiger partial charge in [0.05, 0.1) is 12.1 Å². The summed E-state index contributed by atoms with van der Waals surface area (Å²) in [6.45, 7) is 6.29. The number of ether oxygens (including phenoxy) is 2. The summed E-state index contributed by atoms with van der Waals surface area (Å²) in [6.07, 6.45) is 0.426. The minimum atomic E-state index is -0.598. The topological polar surface area (TPSA) is 48.4 Å². The van der Waals surface area contributed by atoms with Crippen molar-refractivity contribution in [2.75, 3.05) is 13.2 Å². The van der Waals surface area contributed by atoms with Gasteiger partial charge in [-0.15, -0.1) is 0 Å². The number of Topliss-reactive ketones (excluding diaryl/α,β-unsaturated/α-hetero) is 1. The molecule has 0 N–H and O–H groups in total. The van der Waals surface area contributed by atoms with Crippen molar-refractivity contribution >= 4 is 5.78 Å². The minimum Gasteiger partial charge on any atom is -0.352 e. The predicted molar refractivity (Wildman–Crippen MR) is 64.7 cm³/mol. The largest absolute Gasteiger partial charge is 0.352 e. The third-order valence-corrected chi connectivity index (χ3v) is 2.46. The van der Waals surface area contributed by atoms with Crippen LogP contribution < -0.4 is 0 Å². The maximum Gasteiger partial charge on any atom is 0.189 e. The van der Waals surface area contributed by atoms with Crippen molar-refractivity contribution in [2.45, 2.75) is 27.1 Å². The molecule has 0 saturated carbocycles. The van der Waals surface area contributed by atoms with Gasteiger partial charge >= 0.3 is 0 Å². The Morgan fingerprint density at radius 3 is 2.39 bits per heavy atom. The summed E-state index contributed by atoms with van der Waals surface area (Å²) in [5.74, 6) is -1.17. The number of hydrogen-bond acceptors (Lipinski definition) is 4.